The van der Waals surface area contributed by atoms with Crippen LogP contribution in [0.4, 0.5) is 18.9 Å². The summed E-state index contributed by atoms with van der Waals surface area (Å²) in [6.45, 7) is 0.0944. The molecule has 0 saturated carbocycles. The minimum atomic E-state index is -4.50. The molecule has 0 aromatic heterocycles. The number of hydrogen-bond acceptors (Lipinski definition) is 4. The molecule has 2 aliphatic heterocycles. The number of benzene rings is 4. The summed E-state index contributed by atoms with van der Waals surface area (Å²) in [5, 5.41) is 4.78. The van der Waals surface area contributed by atoms with Gasteiger partial charge in [-0.2, -0.15) is 13.2 Å². The molecule has 0 radical (unpaired) electrons. The van der Waals surface area contributed by atoms with Crippen LogP contribution >= 0.6 is 0 Å². The fraction of sp³-hybridized carbons (Fsp3) is 0.194. The number of piperazine rings is 1. The van der Waals surface area contributed by atoms with Gasteiger partial charge in [0.05, 0.1) is 23.4 Å². The standard InChI is InChI=1S/C31H24F3N3O4/c32-31(33,34)23-7-3-6-20(14-23)22-9-11-26-25(16-22)30(40)37-13-12-36(17-27(37)29(39)35-26)28(38)18-41-24-10-8-19-4-1-2-5-21(19)15-24/h1-11,14-16,27H,12-13,17-18H2,(H,35,39). The van der Waals surface area contributed by atoms with Crippen molar-refractivity contribution in [2.45, 2.75) is 12.2 Å². The summed E-state index contributed by atoms with van der Waals surface area (Å²) in [6.07, 6.45) is -4.50. The quantitative estimate of drug-likeness (QED) is 0.373. The summed E-state index contributed by atoms with van der Waals surface area (Å²) >= 11 is 0. The molecule has 4 aromatic carbocycles. The maximum absolute atomic E-state index is 13.5. The third-order valence-electron chi connectivity index (χ3n) is 7.41. The van der Waals surface area contributed by atoms with Crippen LogP contribution in [0.25, 0.3) is 21.9 Å². The minimum absolute atomic E-state index is 0.00798. The van der Waals surface area contributed by atoms with Gasteiger partial charge in [0.1, 0.15) is 11.8 Å². The van der Waals surface area contributed by atoms with Gasteiger partial charge >= 0.3 is 6.18 Å². The fourth-order valence-electron chi connectivity index (χ4n) is 5.23. The first kappa shape index (κ1) is 26.4. The number of nitrogens with zero attached hydrogens (tertiary/aromatic N) is 2. The van der Waals surface area contributed by atoms with Crippen LogP contribution in [0.5, 0.6) is 5.75 Å². The van der Waals surface area contributed by atoms with E-state index >= 15 is 0 Å². The smallest absolute Gasteiger partial charge is 0.416 e. The Hall–Kier alpha value is -4.86. The Bertz CT molecular complexity index is 1690. The summed E-state index contributed by atoms with van der Waals surface area (Å²) in [5.41, 5.74) is 0.354. The molecular formula is C31H24F3N3O4. The van der Waals surface area contributed by atoms with E-state index in [4.69, 9.17) is 4.74 Å². The molecule has 0 spiro atoms. The van der Waals surface area contributed by atoms with E-state index < -0.39 is 29.6 Å². The summed E-state index contributed by atoms with van der Waals surface area (Å²) < 4.78 is 45.4. The number of carbonyl (C=O) groups excluding carboxylic acids is 3. The number of nitrogens with one attached hydrogen (secondary N) is 1. The van der Waals surface area contributed by atoms with Crippen LogP contribution in [0.1, 0.15) is 15.9 Å². The van der Waals surface area contributed by atoms with Crippen LogP contribution in [0.2, 0.25) is 0 Å². The first-order valence-electron chi connectivity index (χ1n) is 13.0. The number of fused-ring (bicyclic) bond motifs is 3. The lowest BCUT2D eigenvalue weighted by Gasteiger charge is -2.39. The van der Waals surface area contributed by atoms with E-state index in [0.717, 1.165) is 22.9 Å². The number of carbonyl (C=O) groups is 3. The van der Waals surface area contributed by atoms with Gasteiger partial charge in [0, 0.05) is 13.1 Å². The van der Waals surface area contributed by atoms with Crippen LogP contribution < -0.4 is 10.1 Å². The predicted octanol–water partition coefficient (Wildman–Crippen LogP) is 5.21. The summed E-state index contributed by atoms with van der Waals surface area (Å²) in [6, 6.07) is 21.8. The van der Waals surface area contributed by atoms with Gasteiger partial charge in [-0.25, -0.2) is 0 Å². The zero-order chi connectivity index (χ0) is 28.7. The Morgan fingerprint density at radius 3 is 2.46 bits per heavy atom. The zero-order valence-electron chi connectivity index (χ0n) is 21.6. The molecule has 1 fully saturated rings. The number of anilines is 1. The van der Waals surface area contributed by atoms with Crippen molar-refractivity contribution in [2.24, 2.45) is 0 Å². The monoisotopic (exact) mass is 559 g/mol. The number of hydrogen-bond donors (Lipinski definition) is 1. The van der Waals surface area contributed by atoms with Gasteiger partial charge in [-0.15, -0.1) is 0 Å². The van der Waals surface area contributed by atoms with Gasteiger partial charge in [0.25, 0.3) is 11.8 Å². The van der Waals surface area contributed by atoms with Gasteiger partial charge in [-0.1, -0.05) is 48.5 Å². The summed E-state index contributed by atoms with van der Waals surface area (Å²) in [5.74, 6) is -0.648. The average Bonchev–Trinajstić information content (AvgIpc) is 3.08. The van der Waals surface area contributed by atoms with E-state index in [1.54, 1.807) is 12.1 Å². The molecule has 10 heteroatoms. The Labute approximate surface area is 233 Å². The number of amides is 3. The second-order valence-corrected chi connectivity index (χ2v) is 9.98. The molecule has 2 heterocycles. The number of alkyl halides is 3. The van der Waals surface area contributed by atoms with Crippen LogP contribution in [0, 0.1) is 0 Å². The lowest BCUT2D eigenvalue weighted by Crippen LogP contribution is -2.60. The number of ether oxygens (including phenoxy) is 1. The van der Waals surface area contributed by atoms with Crippen LogP contribution in [0.3, 0.4) is 0 Å². The molecule has 2 aliphatic rings. The van der Waals surface area contributed by atoms with Crippen LogP contribution in [-0.2, 0) is 15.8 Å². The molecule has 41 heavy (non-hydrogen) atoms. The molecule has 6 rings (SSSR count). The Morgan fingerprint density at radius 1 is 0.878 bits per heavy atom. The van der Waals surface area contributed by atoms with Crippen molar-refractivity contribution >= 4 is 34.2 Å². The van der Waals surface area contributed by atoms with E-state index in [0.29, 0.717) is 16.9 Å². The van der Waals surface area contributed by atoms with E-state index in [9.17, 15) is 27.6 Å². The average molecular weight is 560 g/mol. The molecule has 1 unspecified atom stereocenters. The van der Waals surface area contributed by atoms with Crippen molar-refractivity contribution in [3.8, 4) is 16.9 Å². The highest BCUT2D eigenvalue weighted by atomic mass is 19.4. The SMILES string of the molecule is O=C1Nc2ccc(-c3cccc(C(F)(F)F)c3)cc2C(=O)N2CCN(C(=O)COc3ccc4ccccc4c3)CC12. The molecule has 1 saturated heterocycles. The molecular weight excluding hydrogens is 535 g/mol. The number of rotatable bonds is 4. The topological polar surface area (TPSA) is 79.0 Å². The molecule has 3 amide bonds. The van der Waals surface area contributed by atoms with E-state index in [1.165, 1.54) is 34.1 Å². The first-order chi connectivity index (χ1) is 19.7. The summed E-state index contributed by atoms with van der Waals surface area (Å²) in [7, 11) is 0. The fourth-order valence-corrected chi connectivity index (χ4v) is 5.23. The van der Waals surface area contributed by atoms with Crippen LogP contribution in [0.15, 0.2) is 84.9 Å². The molecule has 7 nitrogen and oxygen atoms in total. The van der Waals surface area contributed by atoms with Crippen molar-refractivity contribution in [1.29, 1.82) is 0 Å². The molecule has 1 N–H and O–H groups in total. The first-order valence-corrected chi connectivity index (χ1v) is 13.0. The molecule has 0 bridgehead atoms. The van der Waals surface area contributed by atoms with Crippen molar-refractivity contribution < 1.29 is 32.3 Å². The van der Waals surface area contributed by atoms with Crippen molar-refractivity contribution in [1.82, 2.24) is 9.80 Å². The third kappa shape index (κ3) is 5.20. The van der Waals surface area contributed by atoms with Crippen molar-refractivity contribution in [3.05, 3.63) is 96.1 Å². The van der Waals surface area contributed by atoms with Gasteiger partial charge in [-0.3, -0.25) is 14.4 Å². The summed E-state index contributed by atoms with van der Waals surface area (Å²) in [4.78, 5) is 42.6. The Kier molecular flexibility index (Phi) is 6.61. The van der Waals surface area contributed by atoms with Gasteiger partial charge in [-0.05, 0) is 58.3 Å². The van der Waals surface area contributed by atoms with Crippen LogP contribution in [-0.4, -0.2) is 59.8 Å². The Balaban J connectivity index is 1.17. The molecule has 0 aliphatic carbocycles. The largest absolute Gasteiger partial charge is 0.484 e. The van der Waals surface area contributed by atoms with Crippen molar-refractivity contribution in [3.63, 3.8) is 0 Å². The number of halogens is 3. The Morgan fingerprint density at radius 2 is 1.66 bits per heavy atom. The lowest BCUT2D eigenvalue weighted by molar-refractivity contribution is -0.138. The van der Waals surface area contributed by atoms with E-state index in [-0.39, 0.29) is 43.4 Å². The maximum atomic E-state index is 13.5. The van der Waals surface area contributed by atoms with Gasteiger partial charge < -0.3 is 19.9 Å². The highest BCUT2D eigenvalue weighted by Crippen LogP contribution is 2.34. The highest BCUT2D eigenvalue weighted by molar-refractivity contribution is 6.10. The van der Waals surface area contributed by atoms with Gasteiger partial charge in [0.15, 0.2) is 6.61 Å². The molecule has 1 atom stereocenters. The van der Waals surface area contributed by atoms with E-state index in [2.05, 4.69) is 5.32 Å². The third-order valence-corrected chi connectivity index (χ3v) is 7.41. The highest BCUT2D eigenvalue weighted by Gasteiger charge is 2.40. The lowest BCUT2D eigenvalue weighted by atomic mass is 9.99. The van der Waals surface area contributed by atoms with E-state index in [1.807, 2.05) is 36.4 Å². The minimum Gasteiger partial charge on any atom is -0.484 e. The second kappa shape index (κ2) is 10.3. The maximum Gasteiger partial charge on any atom is 0.416 e. The zero-order valence-corrected chi connectivity index (χ0v) is 21.6. The second-order valence-electron chi connectivity index (χ2n) is 9.98. The van der Waals surface area contributed by atoms with Gasteiger partial charge in [0.2, 0.25) is 5.91 Å². The normalized spacial score (nSPS) is 17.0. The predicted molar refractivity (Wildman–Crippen MR) is 146 cm³/mol. The van der Waals surface area contributed by atoms with Crippen molar-refractivity contribution in [2.75, 3.05) is 31.6 Å². The molecule has 208 valence electrons. The molecule has 4 aromatic rings.